The Balaban J connectivity index is 3.20. The normalized spacial score (nSPS) is 13.2. The first-order valence-electron chi connectivity index (χ1n) is 6.28. The van der Waals surface area contributed by atoms with Crippen molar-refractivity contribution >= 4 is 0 Å². The quantitative estimate of drug-likeness (QED) is 0.584. The van der Waals surface area contributed by atoms with Gasteiger partial charge in [-0.1, -0.05) is 48.0 Å². The molecule has 0 bridgehead atoms. The van der Waals surface area contributed by atoms with Crippen LogP contribution in [0.1, 0.15) is 67.2 Å². The lowest BCUT2D eigenvalue weighted by atomic mass is 9.90. The van der Waals surface area contributed by atoms with Gasteiger partial charge in [-0.3, -0.25) is 0 Å². The van der Waals surface area contributed by atoms with Crippen LogP contribution in [0.5, 0.6) is 0 Å². The third-order valence-electron chi connectivity index (χ3n) is 2.46. The van der Waals surface area contributed by atoms with Gasteiger partial charge in [0.25, 0.3) is 0 Å². The third kappa shape index (κ3) is 14.0. The third-order valence-corrected chi connectivity index (χ3v) is 2.46. The average Bonchev–Trinajstić information content (AvgIpc) is 1.98. The van der Waals surface area contributed by atoms with E-state index in [4.69, 9.17) is 4.74 Å². The minimum absolute atomic E-state index is 0.408. The molecular weight excluding hydrogens is 184 g/mol. The van der Waals surface area contributed by atoms with Crippen molar-refractivity contribution < 1.29 is 4.74 Å². The van der Waals surface area contributed by atoms with Crippen molar-refractivity contribution in [2.45, 2.75) is 67.2 Å². The van der Waals surface area contributed by atoms with Crippen LogP contribution in [0.2, 0.25) is 0 Å². The minimum Gasteiger partial charge on any atom is -0.381 e. The second-order valence-electron chi connectivity index (χ2n) is 6.94. The van der Waals surface area contributed by atoms with E-state index in [0.717, 1.165) is 19.6 Å². The van der Waals surface area contributed by atoms with Crippen LogP contribution in [0.25, 0.3) is 0 Å². The first-order valence-corrected chi connectivity index (χ1v) is 6.28. The van der Waals surface area contributed by atoms with Crippen molar-refractivity contribution in [2.75, 3.05) is 13.2 Å². The number of hydrogen-bond acceptors (Lipinski definition) is 1. The minimum atomic E-state index is 0.408. The van der Waals surface area contributed by atoms with E-state index in [0.29, 0.717) is 10.8 Å². The van der Waals surface area contributed by atoms with Crippen molar-refractivity contribution in [3.05, 3.63) is 0 Å². The van der Waals surface area contributed by atoms with Gasteiger partial charge in [0.2, 0.25) is 0 Å². The summed E-state index contributed by atoms with van der Waals surface area (Å²) < 4.78 is 5.62. The zero-order chi connectivity index (χ0) is 11.9. The Labute approximate surface area is 96.6 Å². The zero-order valence-electron chi connectivity index (χ0n) is 11.7. The summed E-state index contributed by atoms with van der Waals surface area (Å²) in [5.41, 5.74) is 0.886. The highest BCUT2D eigenvalue weighted by molar-refractivity contribution is 4.61. The summed E-state index contributed by atoms with van der Waals surface area (Å²) in [6, 6.07) is 0. The van der Waals surface area contributed by atoms with E-state index in [2.05, 4.69) is 41.5 Å². The lowest BCUT2D eigenvalue weighted by molar-refractivity contribution is 0.103. The van der Waals surface area contributed by atoms with Gasteiger partial charge in [-0.2, -0.15) is 0 Å². The molecule has 0 saturated carbocycles. The lowest BCUT2D eigenvalue weighted by Gasteiger charge is -2.19. The second-order valence-corrected chi connectivity index (χ2v) is 6.94. The van der Waals surface area contributed by atoms with E-state index >= 15 is 0 Å². The molecule has 92 valence electrons. The summed E-state index contributed by atoms with van der Waals surface area (Å²) in [6.07, 6.45) is 4.96. The fourth-order valence-corrected chi connectivity index (χ4v) is 1.34. The molecule has 0 fully saturated rings. The van der Waals surface area contributed by atoms with Crippen LogP contribution in [-0.4, -0.2) is 13.2 Å². The number of ether oxygens (including phenoxy) is 1. The molecule has 0 aliphatic rings. The summed E-state index contributed by atoms with van der Waals surface area (Å²) in [6.45, 7) is 15.5. The summed E-state index contributed by atoms with van der Waals surface area (Å²) in [7, 11) is 0. The molecule has 0 radical (unpaired) electrons. The van der Waals surface area contributed by atoms with E-state index in [-0.39, 0.29) is 0 Å². The van der Waals surface area contributed by atoms with Gasteiger partial charge in [-0.15, -0.1) is 0 Å². The van der Waals surface area contributed by atoms with Gasteiger partial charge in [0.15, 0.2) is 0 Å². The van der Waals surface area contributed by atoms with Gasteiger partial charge < -0.3 is 4.74 Å². The van der Waals surface area contributed by atoms with Gasteiger partial charge in [0.1, 0.15) is 0 Å². The molecule has 0 heterocycles. The highest BCUT2D eigenvalue weighted by Crippen LogP contribution is 2.21. The SMILES string of the molecule is CC(C)(C)CCCCOCCC(C)(C)C. The summed E-state index contributed by atoms with van der Waals surface area (Å²) >= 11 is 0. The molecule has 0 aliphatic heterocycles. The maximum atomic E-state index is 5.62. The predicted molar refractivity (Wildman–Crippen MR) is 68.2 cm³/mol. The van der Waals surface area contributed by atoms with E-state index in [1.807, 2.05) is 0 Å². The van der Waals surface area contributed by atoms with Crippen molar-refractivity contribution in [1.82, 2.24) is 0 Å². The van der Waals surface area contributed by atoms with Gasteiger partial charge in [-0.05, 0) is 30.1 Å². The molecule has 0 aromatic rings. The summed E-state index contributed by atoms with van der Waals surface area (Å²) in [5, 5.41) is 0. The van der Waals surface area contributed by atoms with Crippen molar-refractivity contribution in [3.63, 3.8) is 0 Å². The molecular formula is C14H30O. The highest BCUT2D eigenvalue weighted by atomic mass is 16.5. The molecule has 0 amide bonds. The fraction of sp³-hybridized carbons (Fsp3) is 1.00. The molecule has 0 unspecified atom stereocenters. The van der Waals surface area contributed by atoms with Crippen LogP contribution in [0.15, 0.2) is 0 Å². The Hall–Kier alpha value is -0.0400. The van der Waals surface area contributed by atoms with Crippen LogP contribution < -0.4 is 0 Å². The van der Waals surface area contributed by atoms with E-state index < -0.39 is 0 Å². The molecule has 1 nitrogen and oxygen atoms in total. The maximum Gasteiger partial charge on any atom is 0.0471 e. The zero-order valence-corrected chi connectivity index (χ0v) is 11.7. The Morgan fingerprint density at radius 1 is 0.667 bits per heavy atom. The first kappa shape index (κ1) is 15.0. The van der Waals surface area contributed by atoms with Gasteiger partial charge in [0.05, 0.1) is 0 Å². The molecule has 0 rings (SSSR count). The van der Waals surface area contributed by atoms with Gasteiger partial charge >= 0.3 is 0 Å². The molecule has 0 aliphatic carbocycles. The molecule has 1 heteroatoms. The van der Waals surface area contributed by atoms with Crippen molar-refractivity contribution in [2.24, 2.45) is 10.8 Å². The molecule has 0 aromatic carbocycles. The summed E-state index contributed by atoms with van der Waals surface area (Å²) in [5.74, 6) is 0. The van der Waals surface area contributed by atoms with Crippen LogP contribution in [0.4, 0.5) is 0 Å². The number of unbranched alkanes of at least 4 members (excludes halogenated alkanes) is 1. The Kier molecular flexibility index (Phi) is 6.51. The van der Waals surface area contributed by atoms with Gasteiger partial charge in [-0.25, -0.2) is 0 Å². The van der Waals surface area contributed by atoms with E-state index in [9.17, 15) is 0 Å². The van der Waals surface area contributed by atoms with Crippen LogP contribution in [0, 0.1) is 10.8 Å². The van der Waals surface area contributed by atoms with Crippen LogP contribution >= 0.6 is 0 Å². The molecule has 0 saturated heterocycles. The van der Waals surface area contributed by atoms with Gasteiger partial charge in [0, 0.05) is 13.2 Å². The second kappa shape index (κ2) is 6.52. The van der Waals surface area contributed by atoms with E-state index in [1.54, 1.807) is 0 Å². The average molecular weight is 214 g/mol. The molecule has 15 heavy (non-hydrogen) atoms. The summed E-state index contributed by atoms with van der Waals surface area (Å²) in [4.78, 5) is 0. The fourth-order valence-electron chi connectivity index (χ4n) is 1.34. The Bertz CT molecular complexity index is 130. The van der Waals surface area contributed by atoms with Crippen LogP contribution in [0.3, 0.4) is 0 Å². The Morgan fingerprint density at radius 3 is 1.67 bits per heavy atom. The topological polar surface area (TPSA) is 9.23 Å². The highest BCUT2D eigenvalue weighted by Gasteiger charge is 2.10. The van der Waals surface area contributed by atoms with E-state index in [1.165, 1.54) is 19.3 Å². The lowest BCUT2D eigenvalue weighted by Crippen LogP contribution is -2.10. The van der Waals surface area contributed by atoms with Crippen molar-refractivity contribution in [3.8, 4) is 0 Å². The number of hydrogen-bond donors (Lipinski definition) is 0. The van der Waals surface area contributed by atoms with Crippen LogP contribution in [-0.2, 0) is 4.74 Å². The first-order chi connectivity index (χ1) is 6.71. The molecule has 0 aromatic heterocycles. The monoisotopic (exact) mass is 214 g/mol. The number of rotatable bonds is 6. The molecule has 0 spiro atoms. The molecule has 0 atom stereocenters. The Morgan fingerprint density at radius 2 is 1.20 bits per heavy atom. The van der Waals surface area contributed by atoms with Crippen molar-refractivity contribution in [1.29, 1.82) is 0 Å². The smallest absolute Gasteiger partial charge is 0.0471 e. The maximum absolute atomic E-state index is 5.62. The standard InChI is InChI=1S/C14H30O/c1-13(2,3)9-7-8-11-15-12-10-14(4,5)6/h7-12H2,1-6H3. The predicted octanol–water partition coefficient (Wildman–Crippen LogP) is 4.66. The largest absolute Gasteiger partial charge is 0.381 e. The molecule has 0 N–H and O–H groups in total.